The zero-order valence-electron chi connectivity index (χ0n) is 9.88. The van der Waals surface area contributed by atoms with Crippen molar-refractivity contribution in [2.75, 3.05) is 0 Å². The van der Waals surface area contributed by atoms with Crippen LogP contribution >= 0.6 is 23.2 Å². The molecule has 2 aromatic heterocycles. The molecule has 0 saturated carbocycles. The van der Waals surface area contributed by atoms with E-state index >= 15 is 0 Å². The Bertz CT molecular complexity index is 707. The summed E-state index contributed by atoms with van der Waals surface area (Å²) in [6.45, 7) is 0.404. The predicted octanol–water partition coefficient (Wildman–Crippen LogP) is 4.22. The maximum atomic E-state index is 5.92. The Labute approximate surface area is 120 Å². The van der Waals surface area contributed by atoms with Crippen LogP contribution in [0.3, 0.4) is 0 Å². The van der Waals surface area contributed by atoms with E-state index < -0.39 is 0 Å². The summed E-state index contributed by atoms with van der Waals surface area (Å²) in [6.07, 6.45) is 3.79. The van der Waals surface area contributed by atoms with Gasteiger partial charge in [0.25, 0.3) is 0 Å². The molecule has 0 fully saturated rings. The second-order valence-electron chi connectivity index (χ2n) is 4.09. The zero-order valence-corrected chi connectivity index (χ0v) is 11.4. The molecule has 0 amide bonds. The van der Waals surface area contributed by atoms with Crippen molar-refractivity contribution < 1.29 is 4.74 Å². The van der Waals surface area contributed by atoms with Crippen LogP contribution in [0.2, 0.25) is 10.0 Å². The number of hydrogen-bond donors (Lipinski definition) is 0. The van der Waals surface area contributed by atoms with Gasteiger partial charge >= 0.3 is 0 Å². The van der Waals surface area contributed by atoms with E-state index in [1.54, 1.807) is 12.1 Å². The minimum atomic E-state index is 0.404. The van der Waals surface area contributed by atoms with Crippen molar-refractivity contribution in [2.45, 2.75) is 6.61 Å². The Morgan fingerprint density at radius 3 is 2.63 bits per heavy atom. The fourth-order valence-corrected chi connectivity index (χ4v) is 2.05. The molecule has 0 spiro atoms. The van der Waals surface area contributed by atoms with Gasteiger partial charge in [-0.3, -0.25) is 0 Å². The number of pyridine rings is 1. The van der Waals surface area contributed by atoms with Crippen LogP contribution in [-0.4, -0.2) is 9.38 Å². The third-order valence-electron chi connectivity index (χ3n) is 2.67. The van der Waals surface area contributed by atoms with Gasteiger partial charge in [0.15, 0.2) is 0 Å². The van der Waals surface area contributed by atoms with E-state index in [2.05, 4.69) is 4.98 Å². The summed E-state index contributed by atoms with van der Waals surface area (Å²) in [4.78, 5) is 4.43. The number of ether oxygens (including phenoxy) is 1. The highest BCUT2D eigenvalue weighted by molar-refractivity contribution is 6.31. The molecule has 0 atom stereocenters. The molecule has 0 unspecified atom stereocenters. The van der Waals surface area contributed by atoms with E-state index in [0.29, 0.717) is 16.7 Å². The summed E-state index contributed by atoms with van der Waals surface area (Å²) in [6, 6.07) is 10.9. The molecule has 0 aliphatic rings. The number of benzene rings is 1. The lowest BCUT2D eigenvalue weighted by Crippen LogP contribution is -1.95. The highest BCUT2D eigenvalue weighted by Gasteiger charge is 2.03. The van der Waals surface area contributed by atoms with Crippen LogP contribution in [0, 0.1) is 0 Å². The van der Waals surface area contributed by atoms with E-state index in [4.69, 9.17) is 27.9 Å². The quantitative estimate of drug-likeness (QED) is 0.722. The van der Waals surface area contributed by atoms with Gasteiger partial charge in [0.2, 0.25) is 0 Å². The maximum absolute atomic E-state index is 5.92. The van der Waals surface area contributed by atoms with Crippen molar-refractivity contribution in [1.82, 2.24) is 9.38 Å². The Hall–Kier alpha value is -1.71. The first kappa shape index (κ1) is 12.3. The van der Waals surface area contributed by atoms with Gasteiger partial charge in [-0.15, -0.1) is 0 Å². The smallest absolute Gasteiger partial charge is 0.138 e. The molecular weight excluding hydrogens is 283 g/mol. The van der Waals surface area contributed by atoms with Gasteiger partial charge in [-0.05, 0) is 36.4 Å². The topological polar surface area (TPSA) is 26.5 Å². The van der Waals surface area contributed by atoms with Crippen LogP contribution in [0.4, 0.5) is 0 Å². The number of hydrogen-bond acceptors (Lipinski definition) is 2. The van der Waals surface area contributed by atoms with Crippen molar-refractivity contribution >= 4 is 28.8 Å². The predicted molar refractivity (Wildman–Crippen MR) is 76.0 cm³/mol. The SMILES string of the molecule is Clc1ccc(OCc2cn3ccc(Cl)cc3n2)cc1. The lowest BCUT2D eigenvalue weighted by Gasteiger charge is -2.03. The van der Waals surface area contributed by atoms with Crippen LogP contribution in [-0.2, 0) is 6.61 Å². The number of nitrogens with zero attached hydrogens (tertiary/aromatic N) is 2. The fourth-order valence-electron chi connectivity index (χ4n) is 1.77. The molecule has 1 aromatic carbocycles. The summed E-state index contributed by atoms with van der Waals surface area (Å²) < 4.78 is 7.55. The van der Waals surface area contributed by atoms with Gasteiger partial charge in [-0.25, -0.2) is 4.98 Å². The van der Waals surface area contributed by atoms with Gasteiger partial charge in [0.05, 0.1) is 5.69 Å². The van der Waals surface area contributed by atoms with Crippen LogP contribution in [0.1, 0.15) is 5.69 Å². The first-order valence-corrected chi connectivity index (χ1v) is 6.48. The van der Waals surface area contributed by atoms with Crippen LogP contribution in [0.25, 0.3) is 5.65 Å². The van der Waals surface area contributed by atoms with Gasteiger partial charge in [0.1, 0.15) is 18.0 Å². The van der Waals surface area contributed by atoms with Gasteiger partial charge in [-0.2, -0.15) is 0 Å². The average Bonchev–Trinajstić information content (AvgIpc) is 2.80. The van der Waals surface area contributed by atoms with Crippen molar-refractivity contribution in [1.29, 1.82) is 0 Å². The third-order valence-corrected chi connectivity index (χ3v) is 3.16. The standard InChI is InChI=1S/C14H10Cl2N2O/c15-10-1-3-13(4-2-10)19-9-12-8-18-6-5-11(16)7-14(18)17-12/h1-8H,9H2. The highest BCUT2D eigenvalue weighted by atomic mass is 35.5. The molecule has 3 rings (SSSR count). The van der Waals surface area contributed by atoms with Crippen molar-refractivity contribution in [3.8, 4) is 5.75 Å². The van der Waals surface area contributed by atoms with Gasteiger partial charge in [-0.1, -0.05) is 23.2 Å². The lowest BCUT2D eigenvalue weighted by molar-refractivity contribution is 0.302. The van der Waals surface area contributed by atoms with E-state index in [-0.39, 0.29) is 0 Å². The van der Waals surface area contributed by atoms with E-state index in [9.17, 15) is 0 Å². The monoisotopic (exact) mass is 292 g/mol. The minimum absolute atomic E-state index is 0.404. The molecule has 2 heterocycles. The van der Waals surface area contributed by atoms with Gasteiger partial charge < -0.3 is 9.14 Å². The number of fused-ring (bicyclic) bond motifs is 1. The molecule has 0 aliphatic carbocycles. The van der Waals surface area contributed by atoms with Crippen molar-refractivity contribution in [3.63, 3.8) is 0 Å². The second-order valence-corrected chi connectivity index (χ2v) is 4.96. The molecule has 19 heavy (non-hydrogen) atoms. The van der Waals surface area contributed by atoms with Crippen LogP contribution < -0.4 is 4.74 Å². The molecule has 0 N–H and O–H groups in total. The first-order chi connectivity index (χ1) is 9.20. The number of rotatable bonds is 3. The molecular formula is C14H10Cl2N2O. The molecule has 0 saturated heterocycles. The number of halogens is 2. The molecule has 3 aromatic rings. The summed E-state index contributed by atoms with van der Waals surface area (Å²) >= 11 is 11.7. The van der Waals surface area contributed by atoms with Crippen molar-refractivity contribution in [2.24, 2.45) is 0 Å². The van der Waals surface area contributed by atoms with Crippen molar-refractivity contribution in [3.05, 3.63) is 64.5 Å². The minimum Gasteiger partial charge on any atom is -0.487 e. The Morgan fingerprint density at radius 1 is 1.05 bits per heavy atom. The Kier molecular flexibility index (Phi) is 3.32. The zero-order chi connectivity index (χ0) is 13.2. The first-order valence-electron chi connectivity index (χ1n) is 5.72. The highest BCUT2D eigenvalue weighted by Crippen LogP contribution is 2.17. The molecule has 5 heteroatoms. The summed E-state index contributed by atoms with van der Waals surface area (Å²) in [7, 11) is 0. The molecule has 0 aliphatic heterocycles. The maximum Gasteiger partial charge on any atom is 0.138 e. The molecule has 0 radical (unpaired) electrons. The lowest BCUT2D eigenvalue weighted by atomic mass is 10.3. The summed E-state index contributed by atoms with van der Waals surface area (Å²) in [5, 5.41) is 1.36. The molecule has 0 bridgehead atoms. The summed E-state index contributed by atoms with van der Waals surface area (Å²) in [5.74, 6) is 0.763. The molecule has 96 valence electrons. The summed E-state index contributed by atoms with van der Waals surface area (Å²) in [5.41, 5.74) is 1.65. The fraction of sp³-hybridized carbons (Fsp3) is 0.0714. The van der Waals surface area contributed by atoms with E-state index in [1.807, 2.05) is 41.1 Å². The van der Waals surface area contributed by atoms with Crippen LogP contribution in [0.15, 0.2) is 48.8 Å². The third kappa shape index (κ3) is 2.83. The molecule has 3 nitrogen and oxygen atoms in total. The van der Waals surface area contributed by atoms with E-state index in [0.717, 1.165) is 17.1 Å². The average molecular weight is 293 g/mol. The van der Waals surface area contributed by atoms with Gasteiger partial charge in [0, 0.05) is 22.4 Å². The van der Waals surface area contributed by atoms with Crippen LogP contribution in [0.5, 0.6) is 5.75 Å². The van der Waals surface area contributed by atoms with E-state index in [1.165, 1.54) is 0 Å². The normalized spacial score (nSPS) is 10.8. The Balaban J connectivity index is 1.76. The second kappa shape index (κ2) is 5.11. The largest absolute Gasteiger partial charge is 0.487 e. The number of imidazole rings is 1. The number of aromatic nitrogens is 2. The Morgan fingerprint density at radius 2 is 1.84 bits per heavy atom.